The number of nitro benzene ring substituents is 2. The molecule has 2 aromatic carbocycles. The monoisotopic (exact) mass is 698 g/mol. The SMILES string of the molecule is Cl.NC1CCCCC1.O=[N+]([O-])c1cccc(Nc2cc(Cl)ncn2)c1.O=[N+]([O-])c1cccc(Nc2cc(NC3CCCCC3)ncn2)c1. The molecule has 0 radical (unpaired) electrons. The number of nitro groups is 2. The average Bonchev–Trinajstić information content (AvgIpc) is 3.07. The zero-order valence-corrected chi connectivity index (χ0v) is 27.9. The summed E-state index contributed by atoms with van der Waals surface area (Å²) in [5.74, 6) is 1.86. The molecule has 2 aliphatic carbocycles. The number of nitrogens with two attached hydrogens (primary N) is 1. The molecule has 0 unspecified atom stereocenters. The van der Waals surface area contributed by atoms with E-state index in [0.29, 0.717) is 40.2 Å². The van der Waals surface area contributed by atoms with Crippen molar-refractivity contribution in [2.75, 3.05) is 16.0 Å². The van der Waals surface area contributed by atoms with Gasteiger partial charge in [-0.3, -0.25) is 20.2 Å². The van der Waals surface area contributed by atoms with Crippen LogP contribution >= 0.6 is 24.0 Å². The third kappa shape index (κ3) is 13.2. The molecule has 0 atom stereocenters. The Morgan fingerprint density at radius 2 is 1.15 bits per heavy atom. The molecule has 0 amide bonds. The Kier molecular flexibility index (Phi) is 15.6. The van der Waals surface area contributed by atoms with Gasteiger partial charge in [0.15, 0.2) is 0 Å². The Bertz CT molecular complexity index is 1600. The fourth-order valence-electron chi connectivity index (χ4n) is 5.19. The maximum absolute atomic E-state index is 10.8. The summed E-state index contributed by atoms with van der Waals surface area (Å²) in [7, 11) is 0. The fourth-order valence-corrected chi connectivity index (χ4v) is 5.33. The number of nitrogens with one attached hydrogen (secondary N) is 3. The first-order chi connectivity index (χ1) is 22.7. The zero-order chi connectivity index (χ0) is 33.4. The molecule has 0 saturated heterocycles. The summed E-state index contributed by atoms with van der Waals surface area (Å²) in [5.41, 5.74) is 6.88. The van der Waals surface area contributed by atoms with E-state index in [0.717, 1.165) is 18.7 Å². The largest absolute Gasteiger partial charge is 0.367 e. The number of nitrogens with zero attached hydrogens (tertiary/aromatic N) is 6. The molecular weight excluding hydrogens is 659 g/mol. The molecular formula is C32H40Cl2N10O4. The van der Waals surface area contributed by atoms with Gasteiger partial charge in [0.1, 0.15) is 35.3 Å². The standard InChI is InChI=1S/C16H19N5O2.C10H7ClN4O2.C6H13N.ClH/c22-21(23)14-8-4-7-13(9-14)20-16-10-15(17-11-18-16)19-12-5-2-1-3-6-12;11-9-5-10(13-6-12-9)14-7-2-1-3-8(4-7)15(16)17;7-6-4-2-1-3-5-6;/h4,7-12H,1-3,5-6H2,(H2,17,18,19,20);1-6H,(H,12,13,14);6H,1-5,7H2;1H. The number of halogens is 2. The van der Waals surface area contributed by atoms with Crippen molar-refractivity contribution in [1.29, 1.82) is 0 Å². The number of non-ortho nitro benzene ring substituents is 2. The highest BCUT2D eigenvalue weighted by atomic mass is 35.5. The lowest BCUT2D eigenvalue weighted by Gasteiger charge is -2.23. The topological polar surface area (TPSA) is 200 Å². The fraction of sp³-hybridized carbons (Fsp3) is 0.375. The summed E-state index contributed by atoms with van der Waals surface area (Å²) in [6, 6.07) is 16.8. The molecule has 0 bridgehead atoms. The average molecular weight is 700 g/mol. The Morgan fingerprint density at radius 1 is 0.667 bits per heavy atom. The van der Waals surface area contributed by atoms with E-state index in [1.165, 1.54) is 94.4 Å². The summed E-state index contributed by atoms with van der Waals surface area (Å²) in [4.78, 5) is 36.6. The van der Waals surface area contributed by atoms with E-state index >= 15 is 0 Å². The van der Waals surface area contributed by atoms with Crippen LogP contribution in [0.3, 0.4) is 0 Å². The van der Waals surface area contributed by atoms with Crippen molar-refractivity contribution in [2.45, 2.75) is 76.3 Å². The molecule has 2 fully saturated rings. The quantitative estimate of drug-likeness (QED) is 0.0779. The van der Waals surface area contributed by atoms with Crippen LogP contribution in [-0.2, 0) is 0 Å². The van der Waals surface area contributed by atoms with E-state index in [4.69, 9.17) is 17.3 Å². The minimum absolute atomic E-state index is 0. The van der Waals surface area contributed by atoms with E-state index in [9.17, 15) is 20.2 Å². The molecule has 48 heavy (non-hydrogen) atoms. The zero-order valence-electron chi connectivity index (χ0n) is 26.3. The van der Waals surface area contributed by atoms with E-state index in [1.807, 2.05) is 6.07 Å². The van der Waals surface area contributed by atoms with Crippen molar-refractivity contribution in [3.8, 4) is 0 Å². The van der Waals surface area contributed by atoms with Gasteiger partial charge in [0.05, 0.1) is 9.85 Å². The highest BCUT2D eigenvalue weighted by molar-refractivity contribution is 6.29. The summed E-state index contributed by atoms with van der Waals surface area (Å²) in [5, 5.41) is 31.1. The Hall–Kier alpha value is -4.66. The second-order valence-electron chi connectivity index (χ2n) is 11.3. The van der Waals surface area contributed by atoms with Crippen molar-refractivity contribution in [2.24, 2.45) is 5.73 Å². The van der Waals surface area contributed by atoms with Crippen LogP contribution < -0.4 is 21.7 Å². The van der Waals surface area contributed by atoms with E-state index in [2.05, 4.69) is 35.9 Å². The normalized spacial score (nSPS) is 14.5. The predicted molar refractivity (Wildman–Crippen MR) is 191 cm³/mol. The first-order valence-corrected chi connectivity index (χ1v) is 16.0. The van der Waals surface area contributed by atoms with E-state index in [1.54, 1.807) is 24.3 Å². The molecule has 0 aliphatic heterocycles. The number of hydrogen-bond acceptors (Lipinski definition) is 12. The molecule has 6 rings (SSSR count). The highest BCUT2D eigenvalue weighted by Gasteiger charge is 2.14. The van der Waals surface area contributed by atoms with Gasteiger partial charge in [-0.2, -0.15) is 0 Å². The molecule has 4 aromatic rings. The number of aromatic nitrogens is 4. The van der Waals surface area contributed by atoms with Gasteiger partial charge in [-0.25, -0.2) is 19.9 Å². The van der Waals surface area contributed by atoms with Crippen molar-refractivity contribution in [3.05, 3.63) is 98.7 Å². The van der Waals surface area contributed by atoms with E-state index < -0.39 is 9.85 Å². The van der Waals surface area contributed by atoms with Crippen LogP contribution in [-0.4, -0.2) is 41.9 Å². The lowest BCUT2D eigenvalue weighted by Crippen LogP contribution is -2.22. The van der Waals surface area contributed by atoms with Gasteiger partial charge in [-0.05, 0) is 37.8 Å². The molecule has 2 saturated carbocycles. The van der Waals surface area contributed by atoms with E-state index in [-0.39, 0.29) is 23.8 Å². The third-order valence-electron chi connectivity index (χ3n) is 7.57. The Balaban J connectivity index is 0.000000219. The summed E-state index contributed by atoms with van der Waals surface area (Å²) in [6.45, 7) is 0. The van der Waals surface area contributed by atoms with Gasteiger partial charge < -0.3 is 21.7 Å². The van der Waals surface area contributed by atoms with Crippen LogP contribution in [0.25, 0.3) is 0 Å². The van der Waals surface area contributed by atoms with Gasteiger partial charge >= 0.3 is 0 Å². The van der Waals surface area contributed by atoms with Gasteiger partial charge in [0.2, 0.25) is 0 Å². The molecule has 14 nitrogen and oxygen atoms in total. The van der Waals surface area contributed by atoms with Crippen molar-refractivity contribution in [1.82, 2.24) is 19.9 Å². The number of benzene rings is 2. The second-order valence-corrected chi connectivity index (χ2v) is 11.6. The lowest BCUT2D eigenvalue weighted by molar-refractivity contribution is -0.385. The van der Waals surface area contributed by atoms with Gasteiger partial charge in [0, 0.05) is 59.9 Å². The summed E-state index contributed by atoms with van der Waals surface area (Å²) < 4.78 is 0. The smallest absolute Gasteiger partial charge is 0.271 e. The van der Waals surface area contributed by atoms with Crippen molar-refractivity contribution in [3.63, 3.8) is 0 Å². The maximum Gasteiger partial charge on any atom is 0.271 e. The number of anilines is 5. The maximum atomic E-state index is 10.8. The number of hydrogen-bond donors (Lipinski definition) is 4. The van der Waals surface area contributed by atoms with Crippen LogP contribution in [0.15, 0.2) is 73.3 Å². The molecule has 256 valence electrons. The predicted octanol–water partition coefficient (Wildman–Crippen LogP) is 8.35. The van der Waals surface area contributed by atoms with Gasteiger partial charge in [-0.15, -0.1) is 12.4 Å². The summed E-state index contributed by atoms with van der Waals surface area (Å²) in [6.07, 6.45) is 15.6. The van der Waals surface area contributed by atoms with Crippen LogP contribution in [0.2, 0.25) is 5.15 Å². The highest BCUT2D eigenvalue weighted by Crippen LogP contribution is 2.24. The summed E-state index contributed by atoms with van der Waals surface area (Å²) >= 11 is 5.69. The second kappa shape index (κ2) is 19.9. The Labute approximate surface area is 290 Å². The lowest BCUT2D eigenvalue weighted by atomic mass is 9.95. The molecule has 0 spiro atoms. The van der Waals surface area contributed by atoms with Crippen LogP contribution in [0.4, 0.5) is 40.2 Å². The third-order valence-corrected chi connectivity index (χ3v) is 7.77. The molecule has 2 aromatic heterocycles. The number of rotatable bonds is 8. The van der Waals surface area contributed by atoms with Crippen molar-refractivity contribution >= 4 is 64.2 Å². The first-order valence-electron chi connectivity index (χ1n) is 15.6. The Morgan fingerprint density at radius 3 is 1.62 bits per heavy atom. The minimum Gasteiger partial charge on any atom is -0.367 e. The van der Waals surface area contributed by atoms with Crippen molar-refractivity contribution < 1.29 is 9.85 Å². The first kappa shape index (κ1) is 37.8. The van der Waals surface area contributed by atoms with Gasteiger partial charge in [-0.1, -0.05) is 62.3 Å². The molecule has 5 N–H and O–H groups in total. The molecule has 2 heterocycles. The van der Waals surface area contributed by atoms with Crippen LogP contribution in [0.5, 0.6) is 0 Å². The van der Waals surface area contributed by atoms with Crippen LogP contribution in [0, 0.1) is 20.2 Å². The van der Waals surface area contributed by atoms with Crippen LogP contribution in [0.1, 0.15) is 64.2 Å². The molecule has 2 aliphatic rings. The van der Waals surface area contributed by atoms with Gasteiger partial charge in [0.25, 0.3) is 11.4 Å². The molecule has 16 heteroatoms. The minimum atomic E-state index is -0.460.